The van der Waals surface area contributed by atoms with Crippen molar-refractivity contribution in [1.29, 1.82) is 0 Å². The maximum atomic E-state index is 5.37. The third-order valence-electron chi connectivity index (χ3n) is 3.36. The molecule has 0 amide bonds. The van der Waals surface area contributed by atoms with E-state index in [-0.39, 0.29) is 6.29 Å². The SMILES string of the molecule is COC(OC)c1ccccc1C1CCCCN1. The maximum Gasteiger partial charge on any atom is 0.183 e. The monoisotopic (exact) mass is 235 g/mol. The van der Waals surface area contributed by atoms with Crippen LogP contribution in [0.1, 0.15) is 42.7 Å². The van der Waals surface area contributed by atoms with Crippen LogP contribution in [0.25, 0.3) is 0 Å². The van der Waals surface area contributed by atoms with Gasteiger partial charge in [-0.25, -0.2) is 0 Å². The second-order valence-corrected chi connectivity index (χ2v) is 4.43. The Balaban J connectivity index is 2.25. The van der Waals surface area contributed by atoms with Gasteiger partial charge in [-0.3, -0.25) is 0 Å². The predicted molar refractivity (Wildman–Crippen MR) is 67.8 cm³/mol. The van der Waals surface area contributed by atoms with Crippen molar-refractivity contribution in [2.75, 3.05) is 20.8 Å². The Morgan fingerprint density at radius 3 is 2.59 bits per heavy atom. The van der Waals surface area contributed by atoms with Crippen LogP contribution in [0.15, 0.2) is 24.3 Å². The lowest BCUT2D eigenvalue weighted by Crippen LogP contribution is -2.28. The van der Waals surface area contributed by atoms with E-state index in [0.717, 1.165) is 12.1 Å². The fourth-order valence-electron chi connectivity index (χ4n) is 2.51. The summed E-state index contributed by atoms with van der Waals surface area (Å²) in [6, 6.07) is 8.81. The van der Waals surface area contributed by atoms with Gasteiger partial charge in [-0.05, 0) is 24.9 Å². The van der Waals surface area contributed by atoms with Crippen LogP contribution in [-0.2, 0) is 9.47 Å². The molecule has 1 aromatic rings. The maximum absolute atomic E-state index is 5.37. The molecule has 1 aliphatic rings. The van der Waals surface area contributed by atoms with Gasteiger partial charge >= 0.3 is 0 Å². The van der Waals surface area contributed by atoms with E-state index in [0.29, 0.717) is 6.04 Å². The van der Waals surface area contributed by atoms with E-state index in [9.17, 15) is 0 Å². The number of ether oxygens (including phenoxy) is 2. The van der Waals surface area contributed by atoms with Gasteiger partial charge in [-0.1, -0.05) is 30.7 Å². The van der Waals surface area contributed by atoms with Crippen molar-refractivity contribution in [3.63, 3.8) is 0 Å². The zero-order valence-electron chi connectivity index (χ0n) is 10.6. The molecule has 1 N–H and O–H groups in total. The second-order valence-electron chi connectivity index (χ2n) is 4.43. The number of hydrogen-bond acceptors (Lipinski definition) is 3. The molecule has 0 radical (unpaired) electrons. The predicted octanol–water partition coefficient (Wildman–Crippen LogP) is 2.79. The first-order valence-electron chi connectivity index (χ1n) is 6.24. The van der Waals surface area contributed by atoms with E-state index in [1.165, 1.54) is 24.8 Å². The highest BCUT2D eigenvalue weighted by Gasteiger charge is 2.21. The molecule has 0 aromatic heterocycles. The van der Waals surface area contributed by atoms with Gasteiger partial charge in [0, 0.05) is 25.8 Å². The molecule has 1 saturated heterocycles. The molecule has 94 valence electrons. The molecule has 1 aromatic carbocycles. The van der Waals surface area contributed by atoms with Gasteiger partial charge in [0.2, 0.25) is 0 Å². The van der Waals surface area contributed by atoms with Crippen LogP contribution < -0.4 is 5.32 Å². The van der Waals surface area contributed by atoms with Gasteiger partial charge < -0.3 is 14.8 Å². The van der Waals surface area contributed by atoms with Gasteiger partial charge in [-0.2, -0.15) is 0 Å². The third kappa shape index (κ3) is 2.86. The molecular formula is C14H21NO2. The molecule has 3 heteroatoms. The van der Waals surface area contributed by atoms with Gasteiger partial charge in [0.15, 0.2) is 6.29 Å². The second kappa shape index (κ2) is 6.15. The lowest BCUT2D eigenvalue weighted by atomic mass is 9.93. The average molecular weight is 235 g/mol. The molecule has 1 unspecified atom stereocenters. The molecule has 0 spiro atoms. The summed E-state index contributed by atoms with van der Waals surface area (Å²) in [5, 5.41) is 3.57. The van der Waals surface area contributed by atoms with Crippen molar-refractivity contribution in [1.82, 2.24) is 5.32 Å². The molecule has 3 nitrogen and oxygen atoms in total. The molecular weight excluding hydrogens is 214 g/mol. The van der Waals surface area contributed by atoms with Gasteiger partial charge in [0.1, 0.15) is 0 Å². The smallest absolute Gasteiger partial charge is 0.183 e. The number of rotatable bonds is 4. The highest BCUT2D eigenvalue weighted by molar-refractivity contribution is 5.31. The Hall–Kier alpha value is -0.900. The number of benzene rings is 1. The lowest BCUT2D eigenvalue weighted by Gasteiger charge is -2.27. The van der Waals surface area contributed by atoms with E-state index < -0.39 is 0 Å². The Morgan fingerprint density at radius 2 is 1.94 bits per heavy atom. The average Bonchev–Trinajstić information content (AvgIpc) is 2.42. The van der Waals surface area contributed by atoms with Crippen molar-refractivity contribution in [3.05, 3.63) is 35.4 Å². The zero-order chi connectivity index (χ0) is 12.1. The van der Waals surface area contributed by atoms with Gasteiger partial charge in [-0.15, -0.1) is 0 Å². The van der Waals surface area contributed by atoms with Crippen molar-refractivity contribution >= 4 is 0 Å². The Labute approximate surface area is 103 Å². The van der Waals surface area contributed by atoms with Crippen LogP contribution in [0.2, 0.25) is 0 Å². The Kier molecular flexibility index (Phi) is 4.54. The van der Waals surface area contributed by atoms with Crippen LogP contribution >= 0.6 is 0 Å². The van der Waals surface area contributed by atoms with Gasteiger partial charge in [0.25, 0.3) is 0 Å². The minimum absolute atomic E-state index is 0.269. The van der Waals surface area contributed by atoms with Crippen molar-refractivity contribution in [2.45, 2.75) is 31.6 Å². The van der Waals surface area contributed by atoms with Gasteiger partial charge in [0.05, 0.1) is 0 Å². The number of nitrogens with one attached hydrogen (secondary N) is 1. The molecule has 17 heavy (non-hydrogen) atoms. The van der Waals surface area contributed by atoms with Crippen molar-refractivity contribution in [2.24, 2.45) is 0 Å². The summed E-state index contributed by atoms with van der Waals surface area (Å²) in [6.45, 7) is 1.10. The van der Waals surface area contributed by atoms with Crippen molar-refractivity contribution < 1.29 is 9.47 Å². The summed E-state index contributed by atoms with van der Waals surface area (Å²) < 4.78 is 10.7. The summed E-state index contributed by atoms with van der Waals surface area (Å²) in [7, 11) is 3.36. The first-order valence-corrected chi connectivity index (χ1v) is 6.24. The van der Waals surface area contributed by atoms with Crippen LogP contribution in [0.5, 0.6) is 0 Å². The van der Waals surface area contributed by atoms with Crippen LogP contribution in [-0.4, -0.2) is 20.8 Å². The van der Waals surface area contributed by atoms with E-state index in [1.54, 1.807) is 14.2 Å². The number of piperidine rings is 1. The number of methoxy groups -OCH3 is 2. The molecule has 0 saturated carbocycles. The topological polar surface area (TPSA) is 30.5 Å². The fourth-order valence-corrected chi connectivity index (χ4v) is 2.51. The highest BCUT2D eigenvalue weighted by Crippen LogP contribution is 2.30. The van der Waals surface area contributed by atoms with Crippen LogP contribution in [0.3, 0.4) is 0 Å². The summed E-state index contributed by atoms with van der Waals surface area (Å²) in [5.41, 5.74) is 2.44. The molecule has 2 rings (SSSR count). The highest BCUT2D eigenvalue weighted by atomic mass is 16.7. The largest absolute Gasteiger partial charge is 0.352 e. The molecule has 1 heterocycles. The summed E-state index contributed by atoms with van der Waals surface area (Å²) in [4.78, 5) is 0. The Bertz CT molecular complexity index is 344. The molecule has 1 atom stereocenters. The summed E-state index contributed by atoms with van der Waals surface area (Å²) >= 11 is 0. The third-order valence-corrected chi connectivity index (χ3v) is 3.36. The summed E-state index contributed by atoms with van der Waals surface area (Å²) in [6.07, 6.45) is 3.49. The zero-order valence-corrected chi connectivity index (χ0v) is 10.6. The minimum atomic E-state index is -0.269. The lowest BCUT2D eigenvalue weighted by molar-refractivity contribution is -0.106. The van der Waals surface area contributed by atoms with Crippen LogP contribution in [0.4, 0.5) is 0 Å². The molecule has 0 aliphatic carbocycles. The Morgan fingerprint density at radius 1 is 1.18 bits per heavy atom. The summed E-state index contributed by atoms with van der Waals surface area (Å²) in [5.74, 6) is 0. The molecule has 1 fully saturated rings. The minimum Gasteiger partial charge on any atom is -0.352 e. The first-order chi connectivity index (χ1) is 8.36. The quantitative estimate of drug-likeness (QED) is 0.814. The molecule has 1 aliphatic heterocycles. The number of hydrogen-bond donors (Lipinski definition) is 1. The van der Waals surface area contributed by atoms with E-state index in [1.807, 2.05) is 6.07 Å². The van der Waals surface area contributed by atoms with Crippen LogP contribution in [0, 0.1) is 0 Å². The van der Waals surface area contributed by atoms with Crippen molar-refractivity contribution in [3.8, 4) is 0 Å². The normalized spacial score (nSPS) is 20.8. The standard InChI is InChI=1S/C14H21NO2/c1-16-14(17-2)12-8-4-3-7-11(12)13-9-5-6-10-15-13/h3-4,7-8,13-15H,5-6,9-10H2,1-2H3. The van der Waals surface area contributed by atoms with E-state index >= 15 is 0 Å². The first kappa shape index (κ1) is 12.6. The van der Waals surface area contributed by atoms with E-state index in [4.69, 9.17) is 9.47 Å². The fraction of sp³-hybridized carbons (Fsp3) is 0.571. The molecule has 0 bridgehead atoms. The van der Waals surface area contributed by atoms with E-state index in [2.05, 4.69) is 23.5 Å².